The third kappa shape index (κ3) is 3.86. The van der Waals surface area contributed by atoms with E-state index >= 15 is 0 Å². The monoisotopic (exact) mass is 307 g/mol. The first kappa shape index (κ1) is 15.5. The van der Waals surface area contributed by atoms with Gasteiger partial charge in [0.15, 0.2) is 0 Å². The van der Waals surface area contributed by atoms with Gasteiger partial charge in [-0.2, -0.15) is 0 Å². The van der Waals surface area contributed by atoms with E-state index in [9.17, 15) is 0 Å². The number of benzene rings is 2. The molecule has 0 amide bonds. The zero-order valence-electron chi connectivity index (χ0n) is 13.2. The van der Waals surface area contributed by atoms with E-state index in [-0.39, 0.29) is 12.6 Å². The van der Waals surface area contributed by atoms with E-state index in [1.165, 1.54) is 11.1 Å². The van der Waals surface area contributed by atoms with Crippen LogP contribution >= 0.6 is 0 Å². The molecule has 0 aliphatic rings. The maximum atomic E-state index is 9.08. The second kappa shape index (κ2) is 7.22. The molecule has 0 aliphatic heterocycles. The molecule has 0 bridgehead atoms. The van der Waals surface area contributed by atoms with Crippen molar-refractivity contribution < 1.29 is 5.11 Å². The third-order valence-electron chi connectivity index (χ3n) is 3.99. The summed E-state index contributed by atoms with van der Waals surface area (Å²) in [4.78, 5) is 4.09. The topological polar surface area (TPSA) is 50.1 Å². The minimum Gasteiger partial charge on any atom is -0.392 e. The Morgan fingerprint density at radius 1 is 1.13 bits per heavy atom. The van der Waals surface area contributed by atoms with Crippen LogP contribution in [0.1, 0.15) is 29.7 Å². The number of imidazole rings is 1. The zero-order valence-corrected chi connectivity index (χ0v) is 13.2. The molecule has 0 unspecified atom stereocenters. The highest BCUT2D eigenvalue weighted by Gasteiger charge is 2.06. The second-order valence-electron chi connectivity index (χ2n) is 5.64. The van der Waals surface area contributed by atoms with Gasteiger partial charge < -0.3 is 15.0 Å². The summed E-state index contributed by atoms with van der Waals surface area (Å²) in [5, 5.41) is 12.6. The number of aromatic nitrogens is 2. The fourth-order valence-corrected chi connectivity index (χ4v) is 2.52. The van der Waals surface area contributed by atoms with Gasteiger partial charge in [0.05, 0.1) is 12.9 Å². The minimum atomic E-state index is 0.0884. The van der Waals surface area contributed by atoms with Crippen molar-refractivity contribution in [2.24, 2.45) is 0 Å². The van der Waals surface area contributed by atoms with Gasteiger partial charge in [-0.1, -0.05) is 36.4 Å². The van der Waals surface area contributed by atoms with Gasteiger partial charge in [0, 0.05) is 30.7 Å². The van der Waals surface area contributed by atoms with Crippen LogP contribution in [0.4, 0.5) is 0 Å². The average Bonchev–Trinajstić information content (AvgIpc) is 3.15. The molecule has 1 heterocycles. The highest BCUT2D eigenvalue weighted by molar-refractivity contribution is 5.37. The first-order valence-electron chi connectivity index (χ1n) is 7.76. The quantitative estimate of drug-likeness (QED) is 0.735. The molecule has 2 aromatic carbocycles. The SMILES string of the molecule is C[C@H](NCc1ccc(CO)cc1)c1cccc(-n2ccnc2)c1. The zero-order chi connectivity index (χ0) is 16.1. The predicted molar refractivity (Wildman–Crippen MR) is 91.2 cm³/mol. The molecular weight excluding hydrogens is 286 g/mol. The molecule has 2 N–H and O–H groups in total. The average molecular weight is 307 g/mol. The smallest absolute Gasteiger partial charge is 0.0991 e. The molecule has 0 saturated carbocycles. The number of rotatable bonds is 6. The molecule has 1 aromatic heterocycles. The fourth-order valence-electron chi connectivity index (χ4n) is 2.52. The van der Waals surface area contributed by atoms with Crippen LogP contribution in [0.5, 0.6) is 0 Å². The van der Waals surface area contributed by atoms with Crippen LogP contribution < -0.4 is 5.32 Å². The van der Waals surface area contributed by atoms with Crippen molar-refractivity contribution in [3.63, 3.8) is 0 Å². The molecule has 23 heavy (non-hydrogen) atoms. The predicted octanol–water partition coefficient (Wildman–Crippen LogP) is 3.22. The molecule has 0 fully saturated rings. The molecule has 3 rings (SSSR count). The van der Waals surface area contributed by atoms with Crippen molar-refractivity contribution in [2.75, 3.05) is 0 Å². The van der Waals surface area contributed by atoms with Crippen molar-refractivity contribution in [2.45, 2.75) is 26.1 Å². The van der Waals surface area contributed by atoms with Crippen molar-refractivity contribution in [1.82, 2.24) is 14.9 Å². The summed E-state index contributed by atoms with van der Waals surface area (Å²) in [6, 6.07) is 16.7. The molecule has 3 aromatic rings. The number of aliphatic hydroxyl groups is 1. The first-order valence-corrected chi connectivity index (χ1v) is 7.76. The van der Waals surface area contributed by atoms with Gasteiger partial charge in [0.1, 0.15) is 0 Å². The van der Waals surface area contributed by atoms with E-state index in [1.807, 2.05) is 35.0 Å². The summed E-state index contributed by atoms with van der Waals surface area (Å²) in [6.45, 7) is 3.04. The molecule has 0 radical (unpaired) electrons. The fraction of sp³-hybridized carbons (Fsp3) is 0.211. The van der Waals surface area contributed by atoms with E-state index in [0.29, 0.717) is 0 Å². The standard InChI is InChI=1S/C19H21N3O/c1-15(21-12-16-5-7-17(13-23)8-6-16)18-3-2-4-19(11-18)22-10-9-20-14-22/h2-11,14-15,21,23H,12-13H2,1H3/t15-/m0/s1. The van der Waals surface area contributed by atoms with Gasteiger partial charge in [0.25, 0.3) is 0 Å². The molecule has 1 atom stereocenters. The van der Waals surface area contributed by atoms with Crippen LogP contribution in [-0.2, 0) is 13.2 Å². The third-order valence-corrected chi connectivity index (χ3v) is 3.99. The van der Waals surface area contributed by atoms with E-state index in [2.05, 4.69) is 41.5 Å². The summed E-state index contributed by atoms with van der Waals surface area (Å²) < 4.78 is 2.00. The minimum absolute atomic E-state index is 0.0884. The Morgan fingerprint density at radius 2 is 1.91 bits per heavy atom. The Hall–Kier alpha value is -2.43. The Kier molecular flexibility index (Phi) is 4.86. The number of hydrogen-bond acceptors (Lipinski definition) is 3. The molecule has 0 spiro atoms. The summed E-state index contributed by atoms with van der Waals surface area (Å²) in [7, 11) is 0. The van der Waals surface area contributed by atoms with Crippen molar-refractivity contribution in [3.05, 3.63) is 83.9 Å². The van der Waals surface area contributed by atoms with Gasteiger partial charge in [-0.3, -0.25) is 0 Å². The largest absolute Gasteiger partial charge is 0.392 e. The van der Waals surface area contributed by atoms with Crippen LogP contribution in [-0.4, -0.2) is 14.7 Å². The van der Waals surface area contributed by atoms with E-state index in [4.69, 9.17) is 5.11 Å². The maximum absolute atomic E-state index is 9.08. The Balaban J connectivity index is 1.65. The van der Waals surface area contributed by atoms with Gasteiger partial charge in [0.2, 0.25) is 0 Å². The maximum Gasteiger partial charge on any atom is 0.0991 e. The highest BCUT2D eigenvalue weighted by Crippen LogP contribution is 2.17. The van der Waals surface area contributed by atoms with Crippen molar-refractivity contribution in [3.8, 4) is 5.69 Å². The van der Waals surface area contributed by atoms with Crippen molar-refractivity contribution >= 4 is 0 Å². The van der Waals surface area contributed by atoms with Gasteiger partial charge in [-0.25, -0.2) is 4.98 Å². The first-order chi connectivity index (χ1) is 11.3. The lowest BCUT2D eigenvalue weighted by atomic mass is 10.1. The summed E-state index contributed by atoms with van der Waals surface area (Å²) in [5.74, 6) is 0. The lowest BCUT2D eigenvalue weighted by Gasteiger charge is -2.16. The van der Waals surface area contributed by atoms with Crippen LogP contribution in [0.2, 0.25) is 0 Å². The van der Waals surface area contributed by atoms with Crippen molar-refractivity contribution in [1.29, 1.82) is 0 Å². The molecule has 4 nitrogen and oxygen atoms in total. The molecule has 118 valence electrons. The normalized spacial score (nSPS) is 12.3. The van der Waals surface area contributed by atoms with Crippen LogP contribution in [0.25, 0.3) is 5.69 Å². The Morgan fingerprint density at radius 3 is 2.61 bits per heavy atom. The number of aliphatic hydroxyl groups excluding tert-OH is 1. The molecule has 0 aliphatic carbocycles. The van der Waals surface area contributed by atoms with Gasteiger partial charge in [-0.15, -0.1) is 0 Å². The lowest BCUT2D eigenvalue weighted by Crippen LogP contribution is -2.18. The highest BCUT2D eigenvalue weighted by atomic mass is 16.3. The van der Waals surface area contributed by atoms with Gasteiger partial charge >= 0.3 is 0 Å². The lowest BCUT2D eigenvalue weighted by molar-refractivity contribution is 0.282. The number of nitrogens with one attached hydrogen (secondary N) is 1. The number of nitrogens with zero attached hydrogens (tertiary/aromatic N) is 2. The molecule has 4 heteroatoms. The molecular formula is C19H21N3O. The molecule has 0 saturated heterocycles. The van der Waals surface area contributed by atoms with Crippen LogP contribution in [0.15, 0.2) is 67.3 Å². The van der Waals surface area contributed by atoms with E-state index < -0.39 is 0 Å². The Labute approximate surface area is 136 Å². The van der Waals surface area contributed by atoms with Gasteiger partial charge in [-0.05, 0) is 35.7 Å². The van der Waals surface area contributed by atoms with E-state index in [1.54, 1.807) is 12.5 Å². The second-order valence-corrected chi connectivity index (χ2v) is 5.64. The number of hydrogen-bond donors (Lipinski definition) is 2. The summed E-state index contributed by atoms with van der Waals surface area (Å²) in [5.41, 5.74) is 4.50. The Bertz CT molecular complexity index is 736. The van der Waals surface area contributed by atoms with Crippen LogP contribution in [0.3, 0.4) is 0 Å². The van der Waals surface area contributed by atoms with Crippen LogP contribution in [0, 0.1) is 0 Å². The summed E-state index contributed by atoms with van der Waals surface area (Å²) >= 11 is 0. The van der Waals surface area contributed by atoms with E-state index in [0.717, 1.165) is 17.8 Å². The summed E-state index contributed by atoms with van der Waals surface area (Å²) in [6.07, 6.45) is 5.53.